The maximum Gasteiger partial charge on any atom is 0.00207 e. The quantitative estimate of drug-likeness (QED) is 0.691. The average molecular weight is 175 g/mol. The zero-order valence-electron chi connectivity index (χ0n) is 8.43. The van der Waals surface area contributed by atoms with Crippen molar-refractivity contribution in [3.63, 3.8) is 0 Å². The van der Waals surface area contributed by atoms with Crippen molar-refractivity contribution in [1.82, 2.24) is 5.32 Å². The van der Waals surface area contributed by atoms with E-state index in [2.05, 4.69) is 37.4 Å². The summed E-state index contributed by atoms with van der Waals surface area (Å²) in [4.78, 5) is 0. The molecule has 1 aliphatic rings. The first-order valence-electron chi connectivity index (χ1n) is 5.05. The third-order valence-electron chi connectivity index (χ3n) is 2.93. The van der Waals surface area contributed by atoms with Crippen molar-refractivity contribution >= 4 is 0 Å². The predicted molar refractivity (Wildman–Crippen MR) is 56.1 cm³/mol. The number of benzene rings is 1. The zero-order valence-corrected chi connectivity index (χ0v) is 8.43. The summed E-state index contributed by atoms with van der Waals surface area (Å²) in [5.74, 6) is 0.750. The standard InChI is InChI=1S/C12H17N/c1-9-3-4-10(2)12(7-9)11-5-6-13-8-11/h3-4,7,11,13H,5-6,8H2,1-2H3. The van der Waals surface area contributed by atoms with Gasteiger partial charge in [-0.2, -0.15) is 0 Å². The van der Waals surface area contributed by atoms with Crippen molar-refractivity contribution in [3.05, 3.63) is 34.9 Å². The van der Waals surface area contributed by atoms with Crippen LogP contribution in [-0.4, -0.2) is 13.1 Å². The molecule has 1 fully saturated rings. The SMILES string of the molecule is Cc1ccc(C)c(C2CCNC2)c1. The van der Waals surface area contributed by atoms with Gasteiger partial charge in [0.2, 0.25) is 0 Å². The van der Waals surface area contributed by atoms with E-state index in [1.54, 1.807) is 5.56 Å². The molecule has 13 heavy (non-hydrogen) atoms. The summed E-state index contributed by atoms with van der Waals surface area (Å²) < 4.78 is 0. The maximum atomic E-state index is 3.42. The minimum Gasteiger partial charge on any atom is -0.316 e. The Hall–Kier alpha value is -0.820. The lowest BCUT2D eigenvalue weighted by Gasteiger charge is -2.12. The maximum absolute atomic E-state index is 3.42. The van der Waals surface area contributed by atoms with E-state index in [-0.39, 0.29) is 0 Å². The lowest BCUT2D eigenvalue weighted by atomic mass is 9.93. The van der Waals surface area contributed by atoms with Gasteiger partial charge in [0.25, 0.3) is 0 Å². The first kappa shape index (κ1) is 8.76. The van der Waals surface area contributed by atoms with Crippen molar-refractivity contribution in [2.75, 3.05) is 13.1 Å². The molecule has 0 spiro atoms. The van der Waals surface area contributed by atoms with Gasteiger partial charge in [0, 0.05) is 6.54 Å². The molecule has 1 heteroatoms. The summed E-state index contributed by atoms with van der Waals surface area (Å²) in [7, 11) is 0. The molecule has 0 radical (unpaired) electrons. The molecule has 1 nitrogen and oxygen atoms in total. The van der Waals surface area contributed by atoms with Crippen molar-refractivity contribution in [3.8, 4) is 0 Å². The molecule has 2 rings (SSSR count). The molecular weight excluding hydrogens is 158 g/mol. The van der Waals surface area contributed by atoms with Gasteiger partial charge < -0.3 is 5.32 Å². The second kappa shape index (κ2) is 3.51. The molecule has 1 aromatic rings. The van der Waals surface area contributed by atoms with Crippen LogP contribution in [0.25, 0.3) is 0 Å². The Morgan fingerprint density at radius 3 is 2.85 bits per heavy atom. The van der Waals surface area contributed by atoms with E-state index in [1.807, 2.05) is 0 Å². The fraction of sp³-hybridized carbons (Fsp3) is 0.500. The number of hydrogen-bond donors (Lipinski definition) is 1. The van der Waals surface area contributed by atoms with Gasteiger partial charge in [-0.15, -0.1) is 0 Å². The molecule has 0 saturated carbocycles. The second-order valence-electron chi connectivity index (χ2n) is 4.05. The Morgan fingerprint density at radius 2 is 2.15 bits per heavy atom. The minimum absolute atomic E-state index is 0.750. The molecule has 0 aromatic heterocycles. The topological polar surface area (TPSA) is 12.0 Å². The molecule has 1 unspecified atom stereocenters. The number of rotatable bonds is 1. The third kappa shape index (κ3) is 1.75. The van der Waals surface area contributed by atoms with Crippen molar-refractivity contribution in [1.29, 1.82) is 0 Å². The van der Waals surface area contributed by atoms with Crippen LogP contribution in [0.5, 0.6) is 0 Å². The van der Waals surface area contributed by atoms with E-state index in [9.17, 15) is 0 Å². The van der Waals surface area contributed by atoms with Gasteiger partial charge in [-0.1, -0.05) is 23.8 Å². The summed E-state index contributed by atoms with van der Waals surface area (Å²) in [6.07, 6.45) is 1.30. The van der Waals surface area contributed by atoms with Crippen LogP contribution in [0, 0.1) is 13.8 Å². The Kier molecular flexibility index (Phi) is 2.36. The lowest BCUT2D eigenvalue weighted by Crippen LogP contribution is -2.08. The molecule has 1 heterocycles. The summed E-state index contributed by atoms with van der Waals surface area (Å²) in [5.41, 5.74) is 4.37. The van der Waals surface area contributed by atoms with Crippen LogP contribution in [0.3, 0.4) is 0 Å². The van der Waals surface area contributed by atoms with Gasteiger partial charge in [-0.05, 0) is 43.9 Å². The summed E-state index contributed by atoms with van der Waals surface area (Å²) in [5, 5.41) is 3.42. The number of nitrogens with one attached hydrogen (secondary N) is 1. The first-order chi connectivity index (χ1) is 6.27. The zero-order chi connectivity index (χ0) is 9.26. The van der Waals surface area contributed by atoms with Crippen LogP contribution in [0.4, 0.5) is 0 Å². The highest BCUT2D eigenvalue weighted by atomic mass is 14.9. The molecule has 1 saturated heterocycles. The van der Waals surface area contributed by atoms with Crippen molar-refractivity contribution < 1.29 is 0 Å². The normalized spacial score (nSPS) is 22.2. The van der Waals surface area contributed by atoms with Crippen LogP contribution < -0.4 is 5.32 Å². The highest BCUT2D eigenvalue weighted by Crippen LogP contribution is 2.25. The van der Waals surface area contributed by atoms with Crippen LogP contribution >= 0.6 is 0 Å². The fourth-order valence-electron chi connectivity index (χ4n) is 2.12. The van der Waals surface area contributed by atoms with Crippen LogP contribution in [0.1, 0.15) is 29.0 Å². The molecular formula is C12H17N. The molecule has 1 aliphatic heterocycles. The highest BCUT2D eigenvalue weighted by Gasteiger charge is 2.17. The monoisotopic (exact) mass is 175 g/mol. The number of aryl methyl sites for hydroxylation is 2. The van der Waals surface area contributed by atoms with Crippen molar-refractivity contribution in [2.45, 2.75) is 26.2 Å². The van der Waals surface area contributed by atoms with E-state index in [1.165, 1.54) is 24.1 Å². The molecule has 70 valence electrons. The van der Waals surface area contributed by atoms with Gasteiger partial charge in [0.05, 0.1) is 0 Å². The van der Waals surface area contributed by atoms with Gasteiger partial charge in [-0.3, -0.25) is 0 Å². The fourth-order valence-corrected chi connectivity index (χ4v) is 2.12. The van der Waals surface area contributed by atoms with E-state index < -0.39 is 0 Å². The van der Waals surface area contributed by atoms with E-state index in [0.717, 1.165) is 12.5 Å². The Morgan fingerprint density at radius 1 is 1.31 bits per heavy atom. The van der Waals surface area contributed by atoms with E-state index in [0.29, 0.717) is 0 Å². The minimum atomic E-state index is 0.750. The Bertz CT molecular complexity index is 298. The highest BCUT2D eigenvalue weighted by molar-refractivity contribution is 5.34. The van der Waals surface area contributed by atoms with E-state index >= 15 is 0 Å². The van der Waals surface area contributed by atoms with Crippen LogP contribution in [0.2, 0.25) is 0 Å². The Balaban J connectivity index is 2.32. The lowest BCUT2D eigenvalue weighted by molar-refractivity contribution is 0.756. The molecule has 0 bridgehead atoms. The molecule has 0 amide bonds. The molecule has 1 atom stereocenters. The average Bonchev–Trinajstić information content (AvgIpc) is 2.61. The van der Waals surface area contributed by atoms with Gasteiger partial charge in [0.15, 0.2) is 0 Å². The third-order valence-corrected chi connectivity index (χ3v) is 2.93. The number of hydrogen-bond acceptors (Lipinski definition) is 1. The second-order valence-corrected chi connectivity index (χ2v) is 4.05. The van der Waals surface area contributed by atoms with Crippen LogP contribution in [-0.2, 0) is 0 Å². The predicted octanol–water partition coefficient (Wildman–Crippen LogP) is 2.38. The Labute approximate surface area is 80.2 Å². The first-order valence-corrected chi connectivity index (χ1v) is 5.05. The van der Waals surface area contributed by atoms with Gasteiger partial charge in [-0.25, -0.2) is 0 Å². The summed E-state index contributed by atoms with van der Waals surface area (Å²) in [6, 6.07) is 6.78. The largest absolute Gasteiger partial charge is 0.316 e. The summed E-state index contributed by atoms with van der Waals surface area (Å²) in [6.45, 7) is 6.72. The van der Waals surface area contributed by atoms with Gasteiger partial charge in [0.1, 0.15) is 0 Å². The smallest absolute Gasteiger partial charge is 0.00207 e. The molecule has 1 N–H and O–H groups in total. The van der Waals surface area contributed by atoms with E-state index in [4.69, 9.17) is 0 Å². The van der Waals surface area contributed by atoms with Crippen molar-refractivity contribution in [2.24, 2.45) is 0 Å². The molecule has 0 aliphatic carbocycles. The molecule has 1 aromatic carbocycles. The summed E-state index contributed by atoms with van der Waals surface area (Å²) >= 11 is 0. The van der Waals surface area contributed by atoms with Gasteiger partial charge >= 0.3 is 0 Å². The van der Waals surface area contributed by atoms with Crippen LogP contribution in [0.15, 0.2) is 18.2 Å².